The van der Waals surface area contributed by atoms with Crippen LogP contribution < -0.4 is 10.1 Å². The highest BCUT2D eigenvalue weighted by atomic mass is 16.5. The van der Waals surface area contributed by atoms with Crippen LogP contribution in [0.25, 0.3) is 11.3 Å². The van der Waals surface area contributed by atoms with E-state index >= 15 is 0 Å². The van der Waals surface area contributed by atoms with Crippen molar-refractivity contribution >= 4 is 5.91 Å². The number of benzene rings is 1. The highest BCUT2D eigenvalue weighted by Gasteiger charge is 2.15. The molecule has 0 radical (unpaired) electrons. The lowest BCUT2D eigenvalue weighted by atomic mass is 10.1. The number of rotatable bonds is 8. The molecular weight excluding hydrogens is 334 g/mol. The normalized spacial score (nSPS) is 17.0. The van der Waals surface area contributed by atoms with Crippen molar-refractivity contribution < 1.29 is 19.0 Å². The topological polar surface area (TPSA) is 85.5 Å². The number of methoxy groups -OCH3 is 1. The summed E-state index contributed by atoms with van der Waals surface area (Å²) in [6, 6.07) is 7.68. The molecule has 1 aromatic heterocycles. The van der Waals surface area contributed by atoms with Crippen molar-refractivity contribution in [2.45, 2.75) is 31.9 Å². The quantitative estimate of drug-likeness (QED) is 0.755. The second kappa shape index (κ2) is 9.35. The molecule has 2 heterocycles. The Hall–Kier alpha value is -2.38. The van der Waals surface area contributed by atoms with Gasteiger partial charge in [0.05, 0.1) is 31.7 Å². The Morgan fingerprint density at radius 1 is 1.35 bits per heavy atom. The number of hydrogen-bond donors (Lipinski definition) is 2. The average molecular weight is 359 g/mol. The Labute approximate surface area is 153 Å². The van der Waals surface area contributed by atoms with E-state index in [1.54, 1.807) is 13.3 Å². The molecule has 1 fully saturated rings. The van der Waals surface area contributed by atoms with Crippen LogP contribution in [0.5, 0.6) is 5.75 Å². The average Bonchev–Trinajstić information content (AvgIpc) is 3.16. The second-order valence-corrected chi connectivity index (χ2v) is 6.28. The van der Waals surface area contributed by atoms with Crippen molar-refractivity contribution in [3.05, 3.63) is 36.0 Å². The van der Waals surface area contributed by atoms with Gasteiger partial charge in [-0.25, -0.2) is 0 Å². The number of nitrogens with zero attached hydrogens (tertiary/aromatic N) is 1. The van der Waals surface area contributed by atoms with Crippen molar-refractivity contribution in [2.24, 2.45) is 0 Å². The van der Waals surface area contributed by atoms with Crippen LogP contribution in [0.3, 0.4) is 0 Å². The van der Waals surface area contributed by atoms with Crippen molar-refractivity contribution in [2.75, 3.05) is 26.9 Å². The van der Waals surface area contributed by atoms with E-state index in [1.165, 1.54) is 0 Å². The van der Waals surface area contributed by atoms with Crippen LogP contribution in [0.2, 0.25) is 0 Å². The summed E-state index contributed by atoms with van der Waals surface area (Å²) in [7, 11) is 1.63. The van der Waals surface area contributed by atoms with Gasteiger partial charge in [-0.2, -0.15) is 5.10 Å². The fourth-order valence-corrected chi connectivity index (χ4v) is 2.92. The van der Waals surface area contributed by atoms with Gasteiger partial charge in [0.1, 0.15) is 12.4 Å². The minimum atomic E-state index is -0.150. The minimum Gasteiger partial charge on any atom is -0.497 e. The number of aromatic amines is 1. The highest BCUT2D eigenvalue weighted by Crippen LogP contribution is 2.23. The molecule has 2 N–H and O–H groups in total. The zero-order valence-electron chi connectivity index (χ0n) is 15.0. The summed E-state index contributed by atoms with van der Waals surface area (Å²) >= 11 is 0. The maximum atomic E-state index is 12.0. The Bertz CT molecular complexity index is 693. The molecule has 0 unspecified atom stereocenters. The lowest BCUT2D eigenvalue weighted by molar-refractivity contribution is -0.128. The third-order valence-electron chi connectivity index (χ3n) is 4.38. The van der Waals surface area contributed by atoms with Gasteiger partial charge in [0, 0.05) is 24.3 Å². The molecule has 0 aliphatic carbocycles. The van der Waals surface area contributed by atoms with E-state index < -0.39 is 0 Å². The monoisotopic (exact) mass is 359 g/mol. The predicted molar refractivity (Wildman–Crippen MR) is 96.8 cm³/mol. The van der Waals surface area contributed by atoms with E-state index in [-0.39, 0.29) is 18.6 Å². The van der Waals surface area contributed by atoms with Crippen LogP contribution in [0.1, 0.15) is 24.8 Å². The molecule has 0 spiro atoms. The minimum absolute atomic E-state index is 0.0373. The first kappa shape index (κ1) is 18.4. The summed E-state index contributed by atoms with van der Waals surface area (Å²) in [5.41, 5.74) is 2.78. The molecule has 1 amide bonds. The van der Waals surface area contributed by atoms with E-state index in [2.05, 4.69) is 15.5 Å². The largest absolute Gasteiger partial charge is 0.497 e. The van der Waals surface area contributed by atoms with Gasteiger partial charge in [0.2, 0.25) is 5.91 Å². The van der Waals surface area contributed by atoms with Gasteiger partial charge in [0.15, 0.2) is 0 Å². The van der Waals surface area contributed by atoms with Crippen LogP contribution in [0.4, 0.5) is 0 Å². The summed E-state index contributed by atoms with van der Waals surface area (Å²) in [4.78, 5) is 12.0. The standard InChI is InChI=1S/C19H25N3O4/c1-24-16-7-5-14(6-8-16)19-15(11-21-22-19)10-20-18(23)13-25-12-17-4-2-3-9-26-17/h5-8,11,17H,2-4,9-10,12-13H2,1H3,(H,20,23)(H,21,22)/t17-/m1/s1. The molecule has 1 aliphatic heterocycles. The molecule has 1 aliphatic rings. The molecule has 7 nitrogen and oxygen atoms in total. The van der Waals surface area contributed by atoms with Gasteiger partial charge >= 0.3 is 0 Å². The molecule has 140 valence electrons. The van der Waals surface area contributed by atoms with Crippen LogP contribution in [-0.4, -0.2) is 49.1 Å². The van der Waals surface area contributed by atoms with Crippen molar-refractivity contribution in [1.82, 2.24) is 15.5 Å². The maximum Gasteiger partial charge on any atom is 0.246 e. The smallest absolute Gasteiger partial charge is 0.246 e. The van der Waals surface area contributed by atoms with Crippen LogP contribution in [0.15, 0.2) is 30.5 Å². The molecular formula is C19H25N3O4. The molecule has 0 saturated carbocycles. The number of H-pyrrole nitrogens is 1. The Kier molecular flexibility index (Phi) is 6.62. The highest BCUT2D eigenvalue weighted by molar-refractivity contribution is 5.77. The van der Waals surface area contributed by atoms with Crippen molar-refractivity contribution in [3.8, 4) is 17.0 Å². The molecule has 3 rings (SSSR count). The molecule has 0 bridgehead atoms. The third kappa shape index (κ3) is 5.06. The number of nitrogens with one attached hydrogen (secondary N) is 2. The number of amides is 1. The fraction of sp³-hybridized carbons (Fsp3) is 0.474. The number of carbonyl (C=O) groups excluding carboxylic acids is 1. The first-order valence-electron chi connectivity index (χ1n) is 8.89. The number of carbonyl (C=O) groups is 1. The van der Waals surface area contributed by atoms with Gasteiger partial charge in [-0.3, -0.25) is 9.89 Å². The Balaban J connectivity index is 1.45. The summed E-state index contributed by atoms with van der Waals surface area (Å²) in [6.07, 6.45) is 5.11. The second-order valence-electron chi connectivity index (χ2n) is 6.28. The maximum absolute atomic E-state index is 12.0. The summed E-state index contributed by atoms with van der Waals surface area (Å²) in [6.45, 7) is 1.68. The summed E-state index contributed by atoms with van der Waals surface area (Å²) in [5, 5.41) is 9.93. The van der Waals surface area contributed by atoms with E-state index in [0.29, 0.717) is 13.2 Å². The molecule has 26 heavy (non-hydrogen) atoms. The predicted octanol–water partition coefficient (Wildman–Crippen LogP) is 2.29. The molecule has 2 aromatic rings. The molecule has 7 heteroatoms. The first-order valence-corrected chi connectivity index (χ1v) is 8.89. The lowest BCUT2D eigenvalue weighted by Gasteiger charge is -2.22. The van der Waals surface area contributed by atoms with E-state index in [1.807, 2.05) is 24.3 Å². The molecule has 1 atom stereocenters. The van der Waals surface area contributed by atoms with Crippen molar-refractivity contribution in [1.29, 1.82) is 0 Å². The van der Waals surface area contributed by atoms with Gasteiger partial charge in [-0.15, -0.1) is 0 Å². The first-order chi connectivity index (χ1) is 12.8. The van der Waals surface area contributed by atoms with Gasteiger partial charge in [0.25, 0.3) is 0 Å². The lowest BCUT2D eigenvalue weighted by Crippen LogP contribution is -2.30. The molecule has 1 saturated heterocycles. The summed E-state index contributed by atoms with van der Waals surface area (Å²) in [5.74, 6) is 0.643. The van der Waals surface area contributed by atoms with Crippen molar-refractivity contribution in [3.63, 3.8) is 0 Å². The SMILES string of the molecule is COc1ccc(-c2[nH]ncc2CNC(=O)COC[C@H]2CCCCO2)cc1. The number of hydrogen-bond acceptors (Lipinski definition) is 5. The Morgan fingerprint density at radius 2 is 2.19 bits per heavy atom. The van der Waals surface area contributed by atoms with Crippen LogP contribution in [-0.2, 0) is 20.8 Å². The van der Waals surface area contributed by atoms with Crippen LogP contribution >= 0.6 is 0 Å². The van der Waals surface area contributed by atoms with E-state index in [4.69, 9.17) is 14.2 Å². The van der Waals surface area contributed by atoms with Gasteiger partial charge in [-0.1, -0.05) is 0 Å². The van der Waals surface area contributed by atoms with Gasteiger partial charge < -0.3 is 19.5 Å². The zero-order chi connectivity index (χ0) is 18.2. The number of ether oxygens (including phenoxy) is 3. The fourth-order valence-electron chi connectivity index (χ4n) is 2.92. The number of aromatic nitrogens is 2. The zero-order valence-corrected chi connectivity index (χ0v) is 15.0. The Morgan fingerprint density at radius 3 is 2.92 bits per heavy atom. The third-order valence-corrected chi connectivity index (χ3v) is 4.38. The van der Waals surface area contributed by atoms with E-state index in [0.717, 1.165) is 48.4 Å². The summed E-state index contributed by atoms with van der Waals surface area (Å²) < 4.78 is 16.2. The molecule has 1 aromatic carbocycles. The van der Waals surface area contributed by atoms with E-state index in [9.17, 15) is 4.79 Å². The van der Waals surface area contributed by atoms with Gasteiger partial charge in [-0.05, 0) is 43.5 Å². The van der Waals surface area contributed by atoms with Crippen LogP contribution in [0, 0.1) is 0 Å².